The van der Waals surface area contributed by atoms with Crippen LogP contribution in [0.1, 0.15) is 36.9 Å². The van der Waals surface area contributed by atoms with E-state index in [0.29, 0.717) is 0 Å². The summed E-state index contributed by atoms with van der Waals surface area (Å²) in [4.78, 5) is 4.53. The molecule has 0 radical (unpaired) electrons. The average molecular weight is 224 g/mol. The quantitative estimate of drug-likeness (QED) is 0.803. The molecular formula is C12H20N2S. The Morgan fingerprint density at radius 3 is 2.93 bits per heavy atom. The maximum atomic E-state index is 4.53. The van der Waals surface area contributed by atoms with Crippen LogP contribution in [0.5, 0.6) is 0 Å². The van der Waals surface area contributed by atoms with Crippen LogP contribution in [-0.2, 0) is 6.42 Å². The summed E-state index contributed by atoms with van der Waals surface area (Å²) in [6, 6.07) is 0.830. The fourth-order valence-electron chi connectivity index (χ4n) is 1.78. The molecule has 2 nitrogen and oxygen atoms in total. The zero-order chi connectivity index (χ0) is 10.7. The minimum atomic E-state index is 0.757. The highest BCUT2D eigenvalue weighted by Gasteiger charge is 2.21. The lowest BCUT2D eigenvalue weighted by Gasteiger charge is -2.13. The summed E-state index contributed by atoms with van der Waals surface area (Å²) in [5, 5.41) is 7.00. The van der Waals surface area contributed by atoms with Crippen LogP contribution in [0.4, 0.5) is 0 Å². The second-order valence-electron chi connectivity index (χ2n) is 4.52. The van der Waals surface area contributed by atoms with E-state index in [0.717, 1.165) is 24.9 Å². The molecule has 1 fully saturated rings. The SMILES string of the molecule is CCC(CNC1CC1)Cc1csc(C)n1. The lowest BCUT2D eigenvalue weighted by Crippen LogP contribution is -2.25. The number of thiazole rings is 1. The summed E-state index contributed by atoms with van der Waals surface area (Å²) in [5.74, 6) is 0.757. The van der Waals surface area contributed by atoms with Crippen LogP contribution in [0.2, 0.25) is 0 Å². The number of hydrogen-bond donors (Lipinski definition) is 1. The number of hydrogen-bond acceptors (Lipinski definition) is 3. The smallest absolute Gasteiger partial charge is 0.0897 e. The van der Waals surface area contributed by atoms with Gasteiger partial charge >= 0.3 is 0 Å². The summed E-state index contributed by atoms with van der Waals surface area (Å²) >= 11 is 1.76. The van der Waals surface area contributed by atoms with Gasteiger partial charge in [0.15, 0.2) is 0 Å². The molecule has 1 aromatic heterocycles. The van der Waals surface area contributed by atoms with E-state index in [1.807, 2.05) is 0 Å². The molecule has 1 saturated carbocycles. The molecule has 1 heterocycles. The maximum Gasteiger partial charge on any atom is 0.0897 e. The Bertz CT molecular complexity index is 304. The van der Waals surface area contributed by atoms with E-state index in [9.17, 15) is 0 Å². The van der Waals surface area contributed by atoms with Gasteiger partial charge in [-0.3, -0.25) is 0 Å². The highest BCUT2D eigenvalue weighted by Crippen LogP contribution is 2.20. The molecule has 1 aliphatic carbocycles. The summed E-state index contributed by atoms with van der Waals surface area (Å²) < 4.78 is 0. The van der Waals surface area contributed by atoms with Crippen molar-refractivity contribution in [1.82, 2.24) is 10.3 Å². The minimum absolute atomic E-state index is 0.757. The first-order valence-corrected chi connectivity index (χ1v) is 6.80. The van der Waals surface area contributed by atoms with Crippen LogP contribution < -0.4 is 5.32 Å². The summed E-state index contributed by atoms with van der Waals surface area (Å²) in [6.45, 7) is 5.52. The van der Waals surface area contributed by atoms with Gasteiger partial charge in [-0.1, -0.05) is 13.3 Å². The van der Waals surface area contributed by atoms with Crippen LogP contribution in [-0.4, -0.2) is 17.6 Å². The van der Waals surface area contributed by atoms with Crippen molar-refractivity contribution < 1.29 is 0 Å². The summed E-state index contributed by atoms with van der Waals surface area (Å²) in [7, 11) is 0. The molecule has 0 saturated heterocycles. The highest BCUT2D eigenvalue weighted by atomic mass is 32.1. The normalized spacial score (nSPS) is 18.0. The predicted octanol–water partition coefficient (Wildman–Crippen LogP) is 2.77. The third kappa shape index (κ3) is 3.58. The van der Waals surface area contributed by atoms with E-state index in [1.165, 1.54) is 30.0 Å². The van der Waals surface area contributed by atoms with E-state index in [1.54, 1.807) is 11.3 Å². The minimum Gasteiger partial charge on any atom is -0.314 e. The lowest BCUT2D eigenvalue weighted by molar-refractivity contribution is 0.455. The van der Waals surface area contributed by atoms with Gasteiger partial charge in [0.05, 0.1) is 10.7 Å². The van der Waals surface area contributed by atoms with Crippen LogP contribution in [0.15, 0.2) is 5.38 Å². The molecule has 0 spiro atoms. The molecular weight excluding hydrogens is 204 g/mol. The van der Waals surface area contributed by atoms with Crippen molar-refractivity contribution in [1.29, 1.82) is 0 Å². The van der Waals surface area contributed by atoms with Gasteiger partial charge in [-0.05, 0) is 38.6 Å². The topological polar surface area (TPSA) is 24.9 Å². The second kappa shape index (κ2) is 5.08. The van der Waals surface area contributed by atoms with Crippen molar-refractivity contribution in [3.05, 3.63) is 16.1 Å². The Hall–Kier alpha value is -0.410. The number of nitrogens with zero attached hydrogens (tertiary/aromatic N) is 1. The summed E-state index contributed by atoms with van der Waals surface area (Å²) in [5.41, 5.74) is 1.28. The Labute approximate surface area is 96.1 Å². The molecule has 0 aromatic carbocycles. The van der Waals surface area contributed by atoms with Gasteiger partial charge in [-0.25, -0.2) is 4.98 Å². The molecule has 1 unspecified atom stereocenters. The molecule has 2 rings (SSSR count). The van der Waals surface area contributed by atoms with Gasteiger partial charge in [0.1, 0.15) is 0 Å². The van der Waals surface area contributed by atoms with Crippen LogP contribution in [0.3, 0.4) is 0 Å². The zero-order valence-corrected chi connectivity index (χ0v) is 10.4. The van der Waals surface area contributed by atoms with Gasteiger partial charge in [0.2, 0.25) is 0 Å². The van der Waals surface area contributed by atoms with E-state index >= 15 is 0 Å². The van der Waals surface area contributed by atoms with Gasteiger partial charge in [0, 0.05) is 11.4 Å². The Morgan fingerprint density at radius 1 is 1.60 bits per heavy atom. The van der Waals surface area contributed by atoms with Gasteiger partial charge < -0.3 is 5.32 Å². The lowest BCUT2D eigenvalue weighted by atomic mass is 10.0. The third-order valence-corrected chi connectivity index (χ3v) is 3.84. The van der Waals surface area contributed by atoms with Gasteiger partial charge in [-0.2, -0.15) is 0 Å². The molecule has 0 aliphatic heterocycles. The van der Waals surface area contributed by atoms with Gasteiger partial charge in [0.25, 0.3) is 0 Å². The Kier molecular flexibility index (Phi) is 3.76. The Morgan fingerprint density at radius 2 is 2.40 bits per heavy atom. The monoisotopic (exact) mass is 224 g/mol. The first-order valence-electron chi connectivity index (χ1n) is 5.92. The number of aryl methyl sites for hydroxylation is 1. The molecule has 1 aromatic rings. The van der Waals surface area contributed by atoms with Crippen molar-refractivity contribution >= 4 is 11.3 Å². The average Bonchev–Trinajstić information content (AvgIpc) is 2.97. The van der Waals surface area contributed by atoms with E-state index in [2.05, 4.69) is 29.5 Å². The molecule has 1 atom stereocenters. The maximum absolute atomic E-state index is 4.53. The van der Waals surface area contributed by atoms with E-state index in [4.69, 9.17) is 0 Å². The fraction of sp³-hybridized carbons (Fsp3) is 0.750. The number of nitrogens with one attached hydrogen (secondary N) is 1. The van der Waals surface area contributed by atoms with Gasteiger partial charge in [-0.15, -0.1) is 11.3 Å². The molecule has 0 amide bonds. The number of aromatic nitrogens is 1. The van der Waals surface area contributed by atoms with Crippen molar-refractivity contribution in [2.45, 2.75) is 45.6 Å². The van der Waals surface area contributed by atoms with Crippen molar-refractivity contribution in [2.75, 3.05) is 6.54 Å². The number of rotatable bonds is 6. The molecule has 3 heteroatoms. The molecule has 1 N–H and O–H groups in total. The Balaban J connectivity index is 1.78. The molecule has 15 heavy (non-hydrogen) atoms. The van der Waals surface area contributed by atoms with Crippen LogP contribution >= 0.6 is 11.3 Å². The van der Waals surface area contributed by atoms with Crippen LogP contribution in [0.25, 0.3) is 0 Å². The van der Waals surface area contributed by atoms with E-state index < -0.39 is 0 Å². The molecule has 0 bridgehead atoms. The third-order valence-electron chi connectivity index (χ3n) is 3.01. The molecule has 1 aliphatic rings. The van der Waals surface area contributed by atoms with Crippen molar-refractivity contribution in [3.63, 3.8) is 0 Å². The predicted molar refractivity (Wildman–Crippen MR) is 65.4 cm³/mol. The highest BCUT2D eigenvalue weighted by molar-refractivity contribution is 7.09. The van der Waals surface area contributed by atoms with E-state index in [-0.39, 0.29) is 0 Å². The molecule has 84 valence electrons. The van der Waals surface area contributed by atoms with Crippen molar-refractivity contribution in [3.8, 4) is 0 Å². The summed E-state index contributed by atoms with van der Waals surface area (Å²) in [6.07, 6.45) is 5.15. The first kappa shape index (κ1) is 11.1. The van der Waals surface area contributed by atoms with Crippen molar-refractivity contribution in [2.24, 2.45) is 5.92 Å². The first-order chi connectivity index (χ1) is 7.28. The second-order valence-corrected chi connectivity index (χ2v) is 5.58. The standard InChI is InChI=1S/C12H20N2S/c1-3-10(7-13-11-4-5-11)6-12-8-15-9(2)14-12/h8,10-11,13H,3-7H2,1-2H3. The zero-order valence-electron chi connectivity index (χ0n) is 9.62. The van der Waals surface area contributed by atoms with Crippen LogP contribution in [0, 0.1) is 12.8 Å². The fourth-order valence-corrected chi connectivity index (χ4v) is 2.40. The largest absolute Gasteiger partial charge is 0.314 e.